The molecule has 0 aromatic heterocycles. The van der Waals surface area contributed by atoms with Gasteiger partial charge in [0.15, 0.2) is 0 Å². The molecule has 4 atom stereocenters. The number of aryl methyl sites for hydroxylation is 1. The lowest BCUT2D eigenvalue weighted by atomic mass is 9.87. The van der Waals surface area contributed by atoms with E-state index in [0.717, 1.165) is 35.3 Å². The van der Waals surface area contributed by atoms with Gasteiger partial charge in [-0.05, 0) is 48.8 Å². The first kappa shape index (κ1) is 31.6. The predicted octanol–water partition coefficient (Wildman–Crippen LogP) is 3.36. The van der Waals surface area contributed by atoms with Crippen molar-refractivity contribution in [2.45, 2.75) is 70.8 Å². The van der Waals surface area contributed by atoms with Gasteiger partial charge in [-0.25, -0.2) is 4.79 Å². The van der Waals surface area contributed by atoms with Gasteiger partial charge in [0, 0.05) is 14.1 Å². The maximum absolute atomic E-state index is 13.8. The Morgan fingerprint density at radius 2 is 1.61 bits per heavy atom. The lowest BCUT2D eigenvalue weighted by Gasteiger charge is -2.34. The molecule has 10 heteroatoms. The van der Waals surface area contributed by atoms with Crippen molar-refractivity contribution in [3.8, 4) is 0 Å². The Hall–Kier alpha value is -3.92. The van der Waals surface area contributed by atoms with Gasteiger partial charge in [0.1, 0.15) is 18.1 Å². The number of fused-ring (bicyclic) bond motifs is 1. The molecule has 0 bridgehead atoms. The minimum absolute atomic E-state index is 0.0474. The lowest BCUT2D eigenvalue weighted by molar-refractivity contribution is -0.145. The zero-order valence-corrected chi connectivity index (χ0v) is 24.5. The minimum Gasteiger partial charge on any atom is -0.465 e. The third-order valence-electron chi connectivity index (χ3n) is 7.68. The standard InChI is InChI=1S/C31H42N4O6/c1-20(2)27(33-28(36)21(3)34(4)31(39)40)30(38)35(5)26(19-41-18-22-12-7-6-8-13-22)29(37)32-25-17-11-15-23-14-9-10-16-24(23)25/h6-10,12-14,16,20-21,25-27H,11,15,17-19H2,1-5H3,(H,32,37)(H,33,36)(H,39,40). The number of likely N-dealkylation sites (N-methyl/N-ethyl adjacent to an activating group) is 2. The fraction of sp³-hybridized carbons (Fsp3) is 0.484. The molecule has 3 rings (SSSR count). The van der Waals surface area contributed by atoms with Crippen molar-refractivity contribution < 1.29 is 29.0 Å². The Morgan fingerprint density at radius 3 is 2.27 bits per heavy atom. The number of carbonyl (C=O) groups is 4. The third kappa shape index (κ3) is 8.29. The molecule has 0 aliphatic heterocycles. The summed E-state index contributed by atoms with van der Waals surface area (Å²) in [4.78, 5) is 53.9. The number of benzene rings is 2. The van der Waals surface area contributed by atoms with Gasteiger partial charge in [-0.15, -0.1) is 0 Å². The monoisotopic (exact) mass is 566 g/mol. The van der Waals surface area contributed by atoms with Crippen molar-refractivity contribution in [3.05, 3.63) is 71.3 Å². The molecule has 3 N–H and O–H groups in total. The van der Waals surface area contributed by atoms with Crippen molar-refractivity contribution in [1.82, 2.24) is 20.4 Å². The van der Waals surface area contributed by atoms with Crippen LogP contribution in [-0.2, 0) is 32.1 Å². The van der Waals surface area contributed by atoms with Crippen LogP contribution in [0.5, 0.6) is 0 Å². The number of carboxylic acid groups (broad SMARTS) is 1. The van der Waals surface area contributed by atoms with Crippen LogP contribution >= 0.6 is 0 Å². The Morgan fingerprint density at radius 1 is 0.951 bits per heavy atom. The van der Waals surface area contributed by atoms with Crippen LogP contribution in [0.2, 0.25) is 0 Å². The molecule has 0 heterocycles. The third-order valence-corrected chi connectivity index (χ3v) is 7.68. The Bertz CT molecular complexity index is 1200. The summed E-state index contributed by atoms with van der Waals surface area (Å²) in [5.74, 6) is -1.74. The van der Waals surface area contributed by atoms with Crippen LogP contribution < -0.4 is 10.6 Å². The molecule has 2 aromatic rings. The van der Waals surface area contributed by atoms with Gasteiger partial charge in [-0.1, -0.05) is 68.4 Å². The zero-order valence-electron chi connectivity index (χ0n) is 24.5. The SMILES string of the molecule is CC(C)C(NC(=O)C(C)N(C)C(=O)O)C(=O)N(C)C(COCc1ccccc1)C(=O)NC1CCCc2ccccc21. The van der Waals surface area contributed by atoms with Crippen LogP contribution in [-0.4, -0.2) is 77.5 Å². The van der Waals surface area contributed by atoms with Crippen molar-refractivity contribution in [3.63, 3.8) is 0 Å². The highest BCUT2D eigenvalue weighted by Crippen LogP contribution is 2.29. The molecule has 10 nitrogen and oxygen atoms in total. The summed E-state index contributed by atoms with van der Waals surface area (Å²) in [6.07, 6.45) is 1.43. The minimum atomic E-state index is -1.26. The average Bonchev–Trinajstić information content (AvgIpc) is 2.97. The fourth-order valence-corrected chi connectivity index (χ4v) is 4.90. The number of nitrogens with zero attached hydrogens (tertiary/aromatic N) is 2. The summed E-state index contributed by atoms with van der Waals surface area (Å²) in [5, 5.41) is 15.1. The second-order valence-electron chi connectivity index (χ2n) is 10.9. The molecule has 1 aliphatic rings. The molecule has 222 valence electrons. The van der Waals surface area contributed by atoms with Crippen molar-refractivity contribution in [2.75, 3.05) is 20.7 Å². The predicted molar refractivity (Wildman–Crippen MR) is 155 cm³/mol. The van der Waals surface area contributed by atoms with Crippen LogP contribution in [0.25, 0.3) is 0 Å². The summed E-state index contributed by atoms with van der Waals surface area (Å²) in [6, 6.07) is 14.5. The second kappa shape index (κ2) is 14.6. The van der Waals surface area contributed by atoms with Gasteiger partial charge in [0.05, 0.1) is 19.3 Å². The number of nitrogens with one attached hydrogen (secondary N) is 2. The highest BCUT2D eigenvalue weighted by Gasteiger charge is 2.36. The average molecular weight is 567 g/mol. The molecular formula is C31H42N4O6. The van der Waals surface area contributed by atoms with E-state index < -0.39 is 36.0 Å². The Kier molecular flexibility index (Phi) is 11.3. The maximum atomic E-state index is 13.8. The topological polar surface area (TPSA) is 128 Å². The van der Waals surface area contributed by atoms with Crippen LogP contribution in [0, 0.1) is 5.92 Å². The van der Waals surface area contributed by atoms with E-state index in [4.69, 9.17) is 4.74 Å². The molecule has 0 radical (unpaired) electrons. The van der Waals surface area contributed by atoms with Crippen LogP contribution in [0.3, 0.4) is 0 Å². The normalized spacial score (nSPS) is 16.6. The van der Waals surface area contributed by atoms with E-state index in [9.17, 15) is 24.3 Å². The summed E-state index contributed by atoms with van der Waals surface area (Å²) >= 11 is 0. The van der Waals surface area contributed by atoms with E-state index >= 15 is 0 Å². The smallest absolute Gasteiger partial charge is 0.407 e. The highest BCUT2D eigenvalue weighted by molar-refractivity contribution is 5.93. The van der Waals surface area contributed by atoms with Crippen LogP contribution in [0.4, 0.5) is 4.79 Å². The summed E-state index contributed by atoms with van der Waals surface area (Å²) < 4.78 is 5.94. The Balaban J connectivity index is 1.79. The van der Waals surface area contributed by atoms with Crippen LogP contribution in [0.15, 0.2) is 54.6 Å². The van der Waals surface area contributed by atoms with E-state index in [1.54, 1.807) is 13.8 Å². The first-order chi connectivity index (χ1) is 19.5. The molecule has 1 aliphatic carbocycles. The number of hydrogen-bond acceptors (Lipinski definition) is 5. The van der Waals surface area contributed by atoms with E-state index in [2.05, 4.69) is 16.7 Å². The molecule has 0 spiro atoms. The number of hydrogen-bond donors (Lipinski definition) is 3. The molecule has 2 aromatic carbocycles. The molecule has 0 saturated heterocycles. The molecule has 0 fully saturated rings. The van der Waals surface area contributed by atoms with Crippen molar-refractivity contribution >= 4 is 23.8 Å². The second-order valence-corrected chi connectivity index (χ2v) is 10.9. The van der Waals surface area contributed by atoms with Gasteiger partial charge in [-0.3, -0.25) is 19.3 Å². The summed E-state index contributed by atoms with van der Waals surface area (Å²) in [7, 11) is 2.82. The van der Waals surface area contributed by atoms with Gasteiger partial charge in [-0.2, -0.15) is 0 Å². The molecule has 4 amide bonds. The Labute approximate surface area is 242 Å². The molecule has 4 unspecified atom stereocenters. The van der Waals surface area contributed by atoms with Crippen molar-refractivity contribution in [2.24, 2.45) is 5.92 Å². The van der Waals surface area contributed by atoms with E-state index in [0.29, 0.717) is 0 Å². The first-order valence-electron chi connectivity index (χ1n) is 14.0. The number of rotatable bonds is 12. The number of amides is 4. The summed E-state index contributed by atoms with van der Waals surface area (Å²) in [6.45, 7) is 5.23. The first-order valence-corrected chi connectivity index (χ1v) is 14.0. The van der Waals surface area contributed by atoms with Gasteiger partial charge in [0.2, 0.25) is 17.7 Å². The molecule has 41 heavy (non-hydrogen) atoms. The van der Waals surface area contributed by atoms with Crippen molar-refractivity contribution in [1.29, 1.82) is 0 Å². The van der Waals surface area contributed by atoms with E-state index in [-0.39, 0.29) is 31.1 Å². The highest BCUT2D eigenvalue weighted by atomic mass is 16.5. The van der Waals surface area contributed by atoms with Gasteiger partial charge < -0.3 is 25.4 Å². The van der Waals surface area contributed by atoms with Gasteiger partial charge >= 0.3 is 6.09 Å². The lowest BCUT2D eigenvalue weighted by Crippen LogP contribution is -2.59. The van der Waals surface area contributed by atoms with E-state index in [1.165, 1.54) is 31.5 Å². The van der Waals surface area contributed by atoms with Gasteiger partial charge in [0.25, 0.3) is 0 Å². The van der Waals surface area contributed by atoms with Crippen LogP contribution in [0.1, 0.15) is 56.3 Å². The van der Waals surface area contributed by atoms with E-state index in [1.807, 2.05) is 48.5 Å². The quantitative estimate of drug-likeness (QED) is 0.362. The number of carbonyl (C=O) groups excluding carboxylic acids is 3. The fourth-order valence-electron chi connectivity index (χ4n) is 4.90. The maximum Gasteiger partial charge on any atom is 0.407 e. The summed E-state index contributed by atoms with van der Waals surface area (Å²) in [5.41, 5.74) is 3.22. The zero-order chi connectivity index (χ0) is 30.1. The largest absolute Gasteiger partial charge is 0.465 e. The molecular weight excluding hydrogens is 524 g/mol. The number of ether oxygens (including phenoxy) is 1. The molecule has 0 saturated carbocycles.